The first-order chi connectivity index (χ1) is 13.3. The van der Waals surface area contributed by atoms with E-state index in [0.29, 0.717) is 29.7 Å². The van der Waals surface area contributed by atoms with Crippen molar-refractivity contribution < 1.29 is 22.4 Å². The number of nitrogens with zero attached hydrogens (tertiary/aromatic N) is 2. The number of amides is 1. The summed E-state index contributed by atoms with van der Waals surface area (Å²) in [5.41, 5.74) is -0.450. The first kappa shape index (κ1) is 21.6. The van der Waals surface area contributed by atoms with E-state index in [-0.39, 0.29) is 13.0 Å². The fourth-order valence-corrected chi connectivity index (χ4v) is 2.88. The van der Waals surface area contributed by atoms with Crippen molar-refractivity contribution in [3.8, 4) is 0 Å². The zero-order chi connectivity index (χ0) is 20.6. The standard InChI is InChI=1S/C17H19F4N5OS/c1-2-22-16(23-8-7-15-26-13(10-28-15)17(19,20)21)24-9-14(27)25-12-5-3-11(18)4-6-12/h3-6,10H,2,7-9H2,1H3,(H,25,27)(H2,22,23,24). The molecule has 1 aromatic heterocycles. The lowest BCUT2D eigenvalue weighted by Crippen LogP contribution is -2.39. The predicted molar refractivity (Wildman–Crippen MR) is 99.8 cm³/mol. The average Bonchev–Trinajstić information content (AvgIpc) is 3.11. The number of aliphatic imine (C=N–C) groups is 1. The molecule has 0 saturated carbocycles. The molecule has 1 heterocycles. The molecule has 0 aliphatic carbocycles. The topological polar surface area (TPSA) is 78.4 Å². The van der Waals surface area contributed by atoms with E-state index in [1.165, 1.54) is 24.3 Å². The maximum Gasteiger partial charge on any atom is 0.434 e. The van der Waals surface area contributed by atoms with Gasteiger partial charge in [-0.2, -0.15) is 13.2 Å². The molecule has 0 atom stereocenters. The Balaban J connectivity index is 1.83. The van der Waals surface area contributed by atoms with Crippen LogP contribution >= 0.6 is 11.3 Å². The third kappa shape index (κ3) is 7.14. The summed E-state index contributed by atoms with van der Waals surface area (Å²) in [5, 5.41) is 9.79. The lowest BCUT2D eigenvalue weighted by molar-refractivity contribution is -0.140. The van der Waals surface area contributed by atoms with Gasteiger partial charge < -0.3 is 16.0 Å². The quantitative estimate of drug-likeness (QED) is 0.368. The monoisotopic (exact) mass is 417 g/mol. The highest BCUT2D eigenvalue weighted by molar-refractivity contribution is 7.09. The highest BCUT2D eigenvalue weighted by Gasteiger charge is 2.33. The van der Waals surface area contributed by atoms with Crippen LogP contribution in [0.15, 0.2) is 34.6 Å². The van der Waals surface area contributed by atoms with Crippen molar-refractivity contribution in [1.82, 2.24) is 15.6 Å². The molecule has 0 unspecified atom stereocenters. The summed E-state index contributed by atoms with van der Waals surface area (Å²) >= 11 is 0.940. The van der Waals surface area contributed by atoms with Gasteiger partial charge in [-0.1, -0.05) is 0 Å². The SMILES string of the molecule is CCNC(=NCC(=O)Nc1ccc(F)cc1)NCCc1nc(C(F)(F)F)cs1. The number of rotatable bonds is 7. The first-order valence-corrected chi connectivity index (χ1v) is 9.25. The van der Waals surface area contributed by atoms with Gasteiger partial charge in [-0.25, -0.2) is 14.4 Å². The number of carbonyl (C=O) groups is 1. The van der Waals surface area contributed by atoms with Crippen molar-refractivity contribution in [2.24, 2.45) is 4.99 Å². The van der Waals surface area contributed by atoms with Crippen molar-refractivity contribution >= 4 is 28.9 Å². The number of nitrogens with one attached hydrogen (secondary N) is 3. The summed E-state index contributed by atoms with van der Waals surface area (Å²) < 4.78 is 50.5. The van der Waals surface area contributed by atoms with E-state index in [9.17, 15) is 22.4 Å². The van der Waals surface area contributed by atoms with Crippen LogP contribution in [0.3, 0.4) is 0 Å². The molecule has 1 aromatic carbocycles. The molecule has 0 bridgehead atoms. The molecule has 28 heavy (non-hydrogen) atoms. The molecule has 0 aliphatic heterocycles. The Morgan fingerprint density at radius 3 is 2.54 bits per heavy atom. The highest BCUT2D eigenvalue weighted by atomic mass is 32.1. The van der Waals surface area contributed by atoms with E-state index in [0.717, 1.165) is 16.7 Å². The molecule has 0 fully saturated rings. The average molecular weight is 417 g/mol. The fraction of sp³-hybridized carbons (Fsp3) is 0.353. The van der Waals surface area contributed by atoms with Crippen LogP contribution in [-0.4, -0.2) is 36.5 Å². The van der Waals surface area contributed by atoms with Gasteiger partial charge in [0.15, 0.2) is 11.7 Å². The second kappa shape index (κ2) is 10.0. The van der Waals surface area contributed by atoms with Crippen molar-refractivity contribution in [3.63, 3.8) is 0 Å². The van der Waals surface area contributed by atoms with Gasteiger partial charge in [-0.15, -0.1) is 11.3 Å². The molecule has 152 valence electrons. The van der Waals surface area contributed by atoms with E-state index in [4.69, 9.17) is 0 Å². The molecule has 0 aliphatic rings. The summed E-state index contributed by atoms with van der Waals surface area (Å²) in [6.07, 6.45) is -4.16. The van der Waals surface area contributed by atoms with E-state index < -0.39 is 23.6 Å². The van der Waals surface area contributed by atoms with Crippen LogP contribution in [-0.2, 0) is 17.4 Å². The van der Waals surface area contributed by atoms with E-state index in [1.54, 1.807) is 0 Å². The Morgan fingerprint density at radius 2 is 1.93 bits per heavy atom. The zero-order valence-electron chi connectivity index (χ0n) is 14.9. The number of anilines is 1. The Hall–Kier alpha value is -2.69. The highest BCUT2D eigenvalue weighted by Crippen LogP contribution is 2.29. The van der Waals surface area contributed by atoms with Gasteiger partial charge in [0.1, 0.15) is 12.4 Å². The predicted octanol–water partition coefficient (Wildman–Crippen LogP) is 3.04. The van der Waals surface area contributed by atoms with Gasteiger partial charge in [0.05, 0.1) is 5.01 Å². The summed E-state index contributed by atoms with van der Waals surface area (Å²) in [4.78, 5) is 19.6. The minimum Gasteiger partial charge on any atom is -0.357 e. The molecule has 2 rings (SSSR count). The molecular formula is C17H19F4N5OS. The van der Waals surface area contributed by atoms with E-state index >= 15 is 0 Å². The second-order valence-electron chi connectivity index (χ2n) is 5.55. The molecule has 0 saturated heterocycles. The third-order valence-corrected chi connectivity index (χ3v) is 4.24. The summed E-state index contributed by atoms with van der Waals surface area (Å²) in [6, 6.07) is 5.33. The van der Waals surface area contributed by atoms with Gasteiger partial charge in [0.2, 0.25) is 5.91 Å². The Bertz CT molecular complexity index is 805. The number of hydrogen-bond acceptors (Lipinski definition) is 4. The fourth-order valence-electron chi connectivity index (χ4n) is 2.07. The van der Waals surface area contributed by atoms with Gasteiger partial charge >= 0.3 is 6.18 Å². The van der Waals surface area contributed by atoms with Crippen molar-refractivity contribution in [2.45, 2.75) is 19.5 Å². The van der Waals surface area contributed by atoms with Crippen LogP contribution in [0.4, 0.5) is 23.2 Å². The minimum absolute atomic E-state index is 0.178. The molecule has 2 aromatic rings. The van der Waals surface area contributed by atoms with Crippen LogP contribution in [0.2, 0.25) is 0 Å². The summed E-state index contributed by atoms with van der Waals surface area (Å²) in [7, 11) is 0. The smallest absolute Gasteiger partial charge is 0.357 e. The molecule has 11 heteroatoms. The van der Waals surface area contributed by atoms with Crippen molar-refractivity contribution in [2.75, 3.05) is 25.0 Å². The van der Waals surface area contributed by atoms with E-state index in [2.05, 4.69) is 25.9 Å². The number of hydrogen-bond donors (Lipinski definition) is 3. The van der Waals surface area contributed by atoms with Gasteiger partial charge in [0.25, 0.3) is 0 Å². The summed E-state index contributed by atoms with van der Waals surface area (Å²) in [5.74, 6) is -0.444. The zero-order valence-corrected chi connectivity index (χ0v) is 15.8. The first-order valence-electron chi connectivity index (χ1n) is 8.37. The number of carbonyl (C=O) groups excluding carboxylic acids is 1. The van der Waals surface area contributed by atoms with Crippen molar-refractivity contribution in [1.29, 1.82) is 0 Å². The van der Waals surface area contributed by atoms with E-state index in [1.807, 2.05) is 6.92 Å². The third-order valence-electron chi connectivity index (χ3n) is 3.33. The Morgan fingerprint density at radius 1 is 1.21 bits per heavy atom. The van der Waals surface area contributed by atoms with Crippen LogP contribution in [0.25, 0.3) is 0 Å². The van der Waals surface area contributed by atoms with Gasteiger partial charge in [-0.05, 0) is 31.2 Å². The van der Waals surface area contributed by atoms with Crippen LogP contribution in [0, 0.1) is 5.82 Å². The number of aromatic nitrogens is 1. The van der Waals surface area contributed by atoms with Crippen LogP contribution in [0.1, 0.15) is 17.6 Å². The number of alkyl halides is 3. The van der Waals surface area contributed by atoms with Crippen LogP contribution < -0.4 is 16.0 Å². The number of halogens is 4. The minimum atomic E-state index is -4.45. The molecular weight excluding hydrogens is 398 g/mol. The molecule has 0 spiro atoms. The number of benzene rings is 1. The number of thiazole rings is 1. The normalized spacial score (nSPS) is 12.0. The maximum absolute atomic E-state index is 12.9. The van der Waals surface area contributed by atoms with Gasteiger partial charge in [-0.3, -0.25) is 4.79 Å². The molecule has 6 nitrogen and oxygen atoms in total. The Labute approximate surface area is 163 Å². The maximum atomic E-state index is 12.9. The Kier molecular flexibility index (Phi) is 7.73. The summed E-state index contributed by atoms with van der Waals surface area (Å²) in [6.45, 7) is 2.51. The lowest BCUT2D eigenvalue weighted by Gasteiger charge is -2.10. The molecule has 3 N–H and O–H groups in total. The lowest BCUT2D eigenvalue weighted by atomic mass is 10.3. The largest absolute Gasteiger partial charge is 0.434 e. The molecule has 0 radical (unpaired) electrons. The van der Waals surface area contributed by atoms with Crippen LogP contribution in [0.5, 0.6) is 0 Å². The van der Waals surface area contributed by atoms with Gasteiger partial charge in [0, 0.05) is 30.6 Å². The second-order valence-corrected chi connectivity index (χ2v) is 6.49. The molecule has 1 amide bonds. The number of guanidine groups is 1. The van der Waals surface area contributed by atoms with Crippen molar-refractivity contribution in [3.05, 3.63) is 46.2 Å².